The fourth-order valence-corrected chi connectivity index (χ4v) is 2.35. The minimum Gasteiger partial charge on any atom is -0.465 e. The van der Waals surface area contributed by atoms with Crippen LogP contribution in [0, 0.1) is 5.92 Å². The minimum atomic E-state index is -0.858. The van der Waals surface area contributed by atoms with Gasteiger partial charge in [-0.15, -0.1) is 0 Å². The smallest absolute Gasteiger partial charge is 0.407 e. The van der Waals surface area contributed by atoms with Crippen molar-refractivity contribution in [1.82, 2.24) is 14.9 Å². The van der Waals surface area contributed by atoms with Crippen molar-refractivity contribution in [3.63, 3.8) is 0 Å². The Hall–Kier alpha value is -1.08. The third kappa shape index (κ3) is 3.23. The molecule has 1 atom stereocenters. The number of rotatable bonds is 3. The second-order valence-electron chi connectivity index (χ2n) is 4.10. The van der Waals surface area contributed by atoms with E-state index in [0.29, 0.717) is 31.4 Å². The number of nitrogens with one attached hydrogen (secondary N) is 1. The summed E-state index contributed by atoms with van der Waals surface area (Å²) in [4.78, 5) is 20.1. The largest absolute Gasteiger partial charge is 0.465 e. The molecule has 2 N–H and O–H groups in total. The number of nitrogens with zero attached hydrogens (tertiary/aromatic N) is 3. The average Bonchev–Trinajstić information content (AvgIpc) is 2.79. The van der Waals surface area contributed by atoms with E-state index in [4.69, 9.17) is 16.7 Å². The average molecular weight is 336 g/mol. The lowest BCUT2D eigenvalue weighted by molar-refractivity contribution is 0.154. The van der Waals surface area contributed by atoms with Gasteiger partial charge in [0, 0.05) is 25.8 Å². The molecule has 1 aliphatic heterocycles. The van der Waals surface area contributed by atoms with E-state index in [1.807, 2.05) is 0 Å². The number of anilines is 1. The van der Waals surface area contributed by atoms with Gasteiger partial charge in [-0.3, -0.25) is 0 Å². The Balaban J connectivity index is 1.89. The molecule has 1 aliphatic rings. The van der Waals surface area contributed by atoms with Crippen molar-refractivity contribution in [3.05, 3.63) is 16.0 Å². The van der Waals surface area contributed by atoms with Crippen LogP contribution in [0.1, 0.15) is 6.42 Å². The van der Waals surface area contributed by atoms with Crippen LogP contribution in [0.4, 0.5) is 10.6 Å². The monoisotopic (exact) mass is 334 g/mol. The molecule has 0 saturated carbocycles. The van der Waals surface area contributed by atoms with Crippen LogP contribution in [-0.2, 0) is 0 Å². The quantitative estimate of drug-likeness (QED) is 0.829. The molecule has 0 bridgehead atoms. The van der Waals surface area contributed by atoms with Crippen molar-refractivity contribution >= 4 is 39.4 Å². The molecule has 0 radical (unpaired) electrons. The number of carboxylic acid groups (broad SMARTS) is 1. The maximum absolute atomic E-state index is 10.8. The van der Waals surface area contributed by atoms with Crippen LogP contribution in [0.3, 0.4) is 0 Å². The van der Waals surface area contributed by atoms with Gasteiger partial charge in [0.15, 0.2) is 0 Å². The number of likely N-dealkylation sites (tertiary alicyclic amines) is 1. The molecule has 18 heavy (non-hydrogen) atoms. The van der Waals surface area contributed by atoms with Crippen molar-refractivity contribution in [1.29, 1.82) is 0 Å². The topological polar surface area (TPSA) is 78.4 Å². The first kappa shape index (κ1) is 13.4. The molecule has 1 saturated heterocycles. The Bertz CT molecular complexity index is 460. The summed E-state index contributed by atoms with van der Waals surface area (Å²) in [6, 6.07) is 0. The number of hydrogen-bond acceptors (Lipinski definition) is 4. The third-order valence-electron chi connectivity index (χ3n) is 2.83. The van der Waals surface area contributed by atoms with Crippen LogP contribution in [0.2, 0.25) is 5.28 Å². The van der Waals surface area contributed by atoms with Crippen molar-refractivity contribution < 1.29 is 9.90 Å². The molecule has 2 rings (SSSR count). The first-order valence-electron chi connectivity index (χ1n) is 5.46. The van der Waals surface area contributed by atoms with E-state index in [9.17, 15) is 4.79 Å². The summed E-state index contributed by atoms with van der Waals surface area (Å²) in [6.45, 7) is 1.81. The number of hydrogen-bond donors (Lipinski definition) is 2. The highest BCUT2D eigenvalue weighted by Crippen LogP contribution is 2.22. The van der Waals surface area contributed by atoms with E-state index in [-0.39, 0.29) is 5.28 Å². The zero-order valence-electron chi connectivity index (χ0n) is 9.44. The van der Waals surface area contributed by atoms with Gasteiger partial charge in [0.2, 0.25) is 5.28 Å². The van der Waals surface area contributed by atoms with Gasteiger partial charge in [-0.25, -0.2) is 9.78 Å². The van der Waals surface area contributed by atoms with Gasteiger partial charge in [0.25, 0.3) is 0 Å². The fraction of sp³-hybridized carbons (Fsp3) is 0.500. The van der Waals surface area contributed by atoms with Crippen LogP contribution in [0.25, 0.3) is 0 Å². The predicted molar refractivity (Wildman–Crippen MR) is 70.9 cm³/mol. The van der Waals surface area contributed by atoms with Crippen LogP contribution >= 0.6 is 27.5 Å². The molecule has 8 heteroatoms. The summed E-state index contributed by atoms with van der Waals surface area (Å²) in [7, 11) is 0. The number of carbonyl (C=O) groups is 1. The van der Waals surface area contributed by atoms with Crippen molar-refractivity contribution in [2.45, 2.75) is 6.42 Å². The van der Waals surface area contributed by atoms with E-state index in [1.165, 1.54) is 4.90 Å². The second-order valence-corrected chi connectivity index (χ2v) is 5.29. The SMILES string of the molecule is O=C(O)N1CCC(CNc2nc(Cl)ncc2Br)C1. The lowest BCUT2D eigenvalue weighted by atomic mass is 10.1. The molecule has 0 aromatic carbocycles. The highest BCUT2D eigenvalue weighted by atomic mass is 79.9. The first-order chi connectivity index (χ1) is 8.56. The predicted octanol–water partition coefficient (Wildman–Crippen LogP) is 2.30. The van der Waals surface area contributed by atoms with Crippen LogP contribution in [0.5, 0.6) is 0 Å². The molecule has 1 aromatic heterocycles. The molecular weight excluding hydrogens is 323 g/mol. The molecule has 98 valence electrons. The minimum absolute atomic E-state index is 0.180. The molecule has 1 unspecified atom stereocenters. The second kappa shape index (κ2) is 5.71. The third-order valence-corrected chi connectivity index (χ3v) is 3.59. The maximum Gasteiger partial charge on any atom is 0.407 e. The van der Waals surface area contributed by atoms with Crippen LogP contribution < -0.4 is 5.32 Å². The molecule has 6 nitrogen and oxygen atoms in total. The molecule has 1 fully saturated rings. The van der Waals surface area contributed by atoms with Gasteiger partial charge in [-0.1, -0.05) is 0 Å². The highest BCUT2D eigenvalue weighted by molar-refractivity contribution is 9.10. The van der Waals surface area contributed by atoms with Crippen LogP contribution in [-0.4, -0.2) is 45.7 Å². The Morgan fingerprint density at radius 3 is 3.17 bits per heavy atom. The van der Waals surface area contributed by atoms with E-state index in [0.717, 1.165) is 10.9 Å². The summed E-state index contributed by atoms with van der Waals surface area (Å²) >= 11 is 9.03. The lowest BCUT2D eigenvalue weighted by Gasteiger charge is -2.13. The number of halogens is 2. The molecule has 1 amide bonds. The molecule has 1 aromatic rings. The number of amides is 1. The first-order valence-corrected chi connectivity index (χ1v) is 6.63. The Morgan fingerprint density at radius 1 is 1.72 bits per heavy atom. The van der Waals surface area contributed by atoms with Gasteiger partial charge in [0.1, 0.15) is 5.82 Å². The zero-order valence-corrected chi connectivity index (χ0v) is 11.8. The highest BCUT2D eigenvalue weighted by Gasteiger charge is 2.25. The Kier molecular flexibility index (Phi) is 4.23. The fourth-order valence-electron chi connectivity index (χ4n) is 1.88. The van der Waals surface area contributed by atoms with Gasteiger partial charge in [-0.05, 0) is 39.9 Å². The van der Waals surface area contributed by atoms with E-state index in [1.54, 1.807) is 6.20 Å². The Labute approximate surface area is 117 Å². The van der Waals surface area contributed by atoms with Gasteiger partial charge < -0.3 is 15.3 Å². The van der Waals surface area contributed by atoms with E-state index < -0.39 is 6.09 Å². The van der Waals surface area contributed by atoms with Crippen LogP contribution in [0.15, 0.2) is 10.7 Å². The summed E-state index contributed by atoms with van der Waals surface area (Å²) in [5.41, 5.74) is 0. The van der Waals surface area contributed by atoms with E-state index >= 15 is 0 Å². The Morgan fingerprint density at radius 2 is 2.50 bits per heavy atom. The maximum atomic E-state index is 10.8. The molecule has 0 spiro atoms. The molecule has 2 heterocycles. The molecule has 0 aliphatic carbocycles. The van der Waals surface area contributed by atoms with Crippen molar-refractivity contribution in [2.75, 3.05) is 25.0 Å². The van der Waals surface area contributed by atoms with Gasteiger partial charge in [-0.2, -0.15) is 4.98 Å². The van der Waals surface area contributed by atoms with Crippen molar-refractivity contribution in [2.24, 2.45) is 5.92 Å². The van der Waals surface area contributed by atoms with Gasteiger partial charge >= 0.3 is 6.09 Å². The number of aromatic nitrogens is 2. The van der Waals surface area contributed by atoms with Crippen molar-refractivity contribution in [3.8, 4) is 0 Å². The zero-order chi connectivity index (χ0) is 13.1. The molecular formula is C10H12BrClN4O2. The van der Waals surface area contributed by atoms with Gasteiger partial charge in [0.05, 0.1) is 4.47 Å². The summed E-state index contributed by atoms with van der Waals surface area (Å²) < 4.78 is 0.736. The summed E-state index contributed by atoms with van der Waals surface area (Å²) in [6.07, 6.45) is 1.58. The summed E-state index contributed by atoms with van der Waals surface area (Å²) in [5.74, 6) is 0.922. The standard InChI is InChI=1S/C10H12BrClN4O2/c11-7-4-14-9(12)15-8(7)13-3-6-1-2-16(5-6)10(17)18/h4,6H,1-3,5H2,(H,17,18)(H,13,14,15). The lowest BCUT2D eigenvalue weighted by Crippen LogP contribution is -2.28. The normalized spacial score (nSPS) is 19.0. The van der Waals surface area contributed by atoms with E-state index in [2.05, 4.69) is 31.2 Å². The summed E-state index contributed by atoms with van der Waals surface area (Å²) in [5, 5.41) is 12.2.